The summed E-state index contributed by atoms with van der Waals surface area (Å²) in [5, 5.41) is 12.2. The fraction of sp³-hybridized carbons (Fsp3) is 0.462. The van der Waals surface area contributed by atoms with E-state index in [1.54, 1.807) is 24.1 Å². The molecule has 0 fully saturated rings. The van der Waals surface area contributed by atoms with Gasteiger partial charge in [0.25, 0.3) is 0 Å². The molecule has 0 unspecified atom stereocenters. The van der Waals surface area contributed by atoms with Crippen molar-refractivity contribution in [2.24, 2.45) is 0 Å². The number of nitrogens with zero attached hydrogens (tertiary/aromatic N) is 1. The van der Waals surface area contributed by atoms with Crippen LogP contribution in [0.1, 0.15) is 19.4 Å². The Labute approximate surface area is 102 Å². The third kappa shape index (κ3) is 4.87. The van der Waals surface area contributed by atoms with Crippen LogP contribution in [0.25, 0.3) is 0 Å². The van der Waals surface area contributed by atoms with Gasteiger partial charge in [-0.15, -0.1) is 0 Å². The molecule has 2 N–H and O–H groups in total. The van der Waals surface area contributed by atoms with Gasteiger partial charge in [0.2, 0.25) is 5.91 Å². The lowest BCUT2D eigenvalue weighted by Crippen LogP contribution is -2.37. The molecular weight excluding hydrogens is 216 g/mol. The lowest BCUT2D eigenvalue weighted by molar-refractivity contribution is -0.129. The van der Waals surface area contributed by atoms with Gasteiger partial charge in [-0.05, 0) is 17.7 Å². The normalized spacial score (nSPS) is 10.6. The molecule has 1 rings (SSSR count). The number of likely N-dealkylation sites (N-methyl/N-ethyl adjacent to an activating group) is 1. The molecule has 4 heteroatoms. The van der Waals surface area contributed by atoms with Crippen LogP contribution < -0.4 is 5.32 Å². The van der Waals surface area contributed by atoms with Crippen molar-refractivity contribution in [3.05, 3.63) is 29.8 Å². The van der Waals surface area contributed by atoms with Gasteiger partial charge in [0.15, 0.2) is 0 Å². The van der Waals surface area contributed by atoms with E-state index in [0.29, 0.717) is 19.1 Å². The van der Waals surface area contributed by atoms with Gasteiger partial charge in [-0.3, -0.25) is 4.79 Å². The molecule has 0 bridgehead atoms. The minimum atomic E-state index is 0.0618. The van der Waals surface area contributed by atoms with E-state index >= 15 is 0 Å². The van der Waals surface area contributed by atoms with Crippen molar-refractivity contribution >= 4 is 5.91 Å². The minimum absolute atomic E-state index is 0.0618. The standard InChI is InChI=1S/C13H20N2O2/c1-10(2)14-8-13(17)15(3)9-11-4-6-12(16)7-5-11/h4-7,10,14,16H,8-9H2,1-3H3. The van der Waals surface area contributed by atoms with E-state index in [-0.39, 0.29) is 11.7 Å². The number of carbonyl (C=O) groups is 1. The third-order valence-corrected chi connectivity index (χ3v) is 2.44. The Morgan fingerprint density at radius 2 is 1.94 bits per heavy atom. The summed E-state index contributed by atoms with van der Waals surface area (Å²) in [5.74, 6) is 0.302. The van der Waals surface area contributed by atoms with Gasteiger partial charge in [0, 0.05) is 19.6 Å². The van der Waals surface area contributed by atoms with E-state index in [1.165, 1.54) is 0 Å². The van der Waals surface area contributed by atoms with E-state index in [4.69, 9.17) is 5.11 Å². The molecule has 0 saturated carbocycles. The number of amides is 1. The highest BCUT2D eigenvalue weighted by molar-refractivity contribution is 5.78. The Morgan fingerprint density at radius 3 is 2.47 bits per heavy atom. The summed E-state index contributed by atoms with van der Waals surface area (Å²) < 4.78 is 0. The molecule has 0 aliphatic rings. The van der Waals surface area contributed by atoms with Gasteiger partial charge < -0.3 is 15.3 Å². The number of phenols is 1. The quantitative estimate of drug-likeness (QED) is 0.811. The van der Waals surface area contributed by atoms with Crippen molar-refractivity contribution in [1.29, 1.82) is 0 Å². The number of carbonyl (C=O) groups excluding carboxylic acids is 1. The first-order valence-electron chi connectivity index (χ1n) is 5.74. The molecule has 0 radical (unpaired) electrons. The second kappa shape index (κ2) is 6.25. The zero-order valence-corrected chi connectivity index (χ0v) is 10.6. The number of hydrogen-bond acceptors (Lipinski definition) is 3. The highest BCUT2D eigenvalue weighted by Gasteiger charge is 2.09. The third-order valence-electron chi connectivity index (χ3n) is 2.44. The van der Waals surface area contributed by atoms with Crippen molar-refractivity contribution in [2.75, 3.05) is 13.6 Å². The van der Waals surface area contributed by atoms with Crippen LogP contribution in [0.15, 0.2) is 24.3 Å². The number of benzene rings is 1. The van der Waals surface area contributed by atoms with Crippen LogP contribution in [-0.4, -0.2) is 35.5 Å². The predicted molar refractivity (Wildman–Crippen MR) is 67.7 cm³/mol. The molecule has 4 nitrogen and oxygen atoms in total. The fourth-order valence-electron chi connectivity index (χ4n) is 1.39. The zero-order valence-electron chi connectivity index (χ0n) is 10.6. The van der Waals surface area contributed by atoms with Crippen LogP contribution in [0.5, 0.6) is 5.75 Å². The van der Waals surface area contributed by atoms with E-state index < -0.39 is 0 Å². The highest BCUT2D eigenvalue weighted by atomic mass is 16.3. The summed E-state index contributed by atoms with van der Waals surface area (Å²) in [6, 6.07) is 7.19. The van der Waals surface area contributed by atoms with Gasteiger partial charge in [-0.25, -0.2) is 0 Å². The lowest BCUT2D eigenvalue weighted by atomic mass is 10.2. The first-order valence-corrected chi connectivity index (χ1v) is 5.74. The summed E-state index contributed by atoms with van der Waals surface area (Å²) in [4.78, 5) is 13.4. The summed E-state index contributed by atoms with van der Waals surface area (Å²) in [5.41, 5.74) is 1.00. The van der Waals surface area contributed by atoms with Gasteiger partial charge >= 0.3 is 0 Å². The summed E-state index contributed by atoms with van der Waals surface area (Å²) >= 11 is 0. The van der Waals surface area contributed by atoms with Gasteiger partial charge in [-0.1, -0.05) is 26.0 Å². The average Bonchev–Trinajstić information content (AvgIpc) is 2.28. The van der Waals surface area contributed by atoms with Crippen LogP contribution in [0.4, 0.5) is 0 Å². The smallest absolute Gasteiger partial charge is 0.236 e. The summed E-state index contributed by atoms with van der Waals surface area (Å²) in [6.45, 7) is 4.92. The molecule has 17 heavy (non-hydrogen) atoms. The largest absolute Gasteiger partial charge is 0.508 e. The van der Waals surface area contributed by atoms with E-state index in [0.717, 1.165) is 5.56 Å². The SMILES string of the molecule is CC(C)NCC(=O)N(C)Cc1ccc(O)cc1. The Kier molecular flexibility index (Phi) is 4.97. The zero-order chi connectivity index (χ0) is 12.8. The molecule has 94 valence electrons. The van der Waals surface area contributed by atoms with E-state index in [1.807, 2.05) is 26.0 Å². The molecule has 1 aromatic rings. The lowest BCUT2D eigenvalue weighted by Gasteiger charge is -2.18. The van der Waals surface area contributed by atoms with Crippen LogP contribution in [0.2, 0.25) is 0 Å². The highest BCUT2D eigenvalue weighted by Crippen LogP contribution is 2.10. The molecule has 0 saturated heterocycles. The Bertz CT molecular complexity index is 360. The van der Waals surface area contributed by atoms with Crippen LogP contribution in [0.3, 0.4) is 0 Å². The maximum atomic E-state index is 11.7. The van der Waals surface area contributed by atoms with E-state index in [9.17, 15) is 4.79 Å². The molecule has 0 spiro atoms. The molecule has 0 heterocycles. The Morgan fingerprint density at radius 1 is 1.35 bits per heavy atom. The number of rotatable bonds is 5. The molecule has 0 atom stereocenters. The maximum absolute atomic E-state index is 11.7. The average molecular weight is 236 g/mol. The van der Waals surface area contributed by atoms with Crippen molar-refractivity contribution in [3.8, 4) is 5.75 Å². The van der Waals surface area contributed by atoms with Crippen molar-refractivity contribution in [2.45, 2.75) is 26.4 Å². The topological polar surface area (TPSA) is 52.6 Å². The second-order valence-corrected chi connectivity index (χ2v) is 4.45. The first kappa shape index (κ1) is 13.5. The minimum Gasteiger partial charge on any atom is -0.508 e. The van der Waals surface area contributed by atoms with Gasteiger partial charge in [-0.2, -0.15) is 0 Å². The summed E-state index contributed by atoms with van der Waals surface area (Å²) in [7, 11) is 1.77. The number of aromatic hydroxyl groups is 1. The van der Waals surface area contributed by atoms with E-state index in [2.05, 4.69) is 5.32 Å². The fourth-order valence-corrected chi connectivity index (χ4v) is 1.39. The Balaban J connectivity index is 2.45. The van der Waals surface area contributed by atoms with Crippen LogP contribution in [-0.2, 0) is 11.3 Å². The number of phenolic OH excluding ortho intramolecular Hbond substituents is 1. The first-order chi connectivity index (χ1) is 7.99. The maximum Gasteiger partial charge on any atom is 0.236 e. The van der Waals surface area contributed by atoms with Gasteiger partial charge in [0.05, 0.1) is 6.54 Å². The second-order valence-electron chi connectivity index (χ2n) is 4.45. The number of hydrogen-bond donors (Lipinski definition) is 2. The molecule has 0 aliphatic heterocycles. The monoisotopic (exact) mass is 236 g/mol. The van der Waals surface area contributed by atoms with Crippen LogP contribution in [0, 0.1) is 0 Å². The summed E-state index contributed by atoms with van der Waals surface area (Å²) in [6.07, 6.45) is 0. The Hall–Kier alpha value is -1.55. The van der Waals surface area contributed by atoms with Crippen molar-refractivity contribution in [3.63, 3.8) is 0 Å². The molecule has 0 aromatic heterocycles. The van der Waals surface area contributed by atoms with Gasteiger partial charge in [0.1, 0.15) is 5.75 Å². The van der Waals surface area contributed by atoms with Crippen molar-refractivity contribution in [1.82, 2.24) is 10.2 Å². The molecule has 1 amide bonds. The molecular formula is C13H20N2O2. The van der Waals surface area contributed by atoms with Crippen molar-refractivity contribution < 1.29 is 9.90 Å². The molecule has 1 aromatic carbocycles. The van der Waals surface area contributed by atoms with Crippen LogP contribution >= 0.6 is 0 Å². The number of nitrogens with one attached hydrogen (secondary N) is 1. The molecule has 0 aliphatic carbocycles. The predicted octanol–water partition coefficient (Wildman–Crippen LogP) is 1.35.